The van der Waals surface area contributed by atoms with Gasteiger partial charge in [0.2, 0.25) is 12.0 Å². The Morgan fingerprint density at radius 1 is 1.18 bits per heavy atom. The van der Waals surface area contributed by atoms with Crippen molar-refractivity contribution < 1.29 is 23.5 Å². The number of hydrogen-bond donors (Lipinski definition) is 0. The van der Waals surface area contributed by atoms with E-state index in [9.17, 15) is 14.0 Å². The molecule has 0 aliphatic carbocycles. The number of halogens is 1. The molecule has 92 valence electrons. The highest BCUT2D eigenvalue weighted by atomic mass is 19.1. The summed E-state index contributed by atoms with van der Waals surface area (Å²) in [6.45, 7) is 1.03. The van der Waals surface area contributed by atoms with E-state index in [1.165, 1.54) is 32.4 Å². The van der Waals surface area contributed by atoms with Crippen molar-refractivity contribution in [2.45, 2.75) is 13.1 Å². The maximum absolute atomic E-state index is 13.3. The number of benzene rings is 1. The average molecular weight is 240 g/mol. The van der Waals surface area contributed by atoms with Gasteiger partial charge in [-0.25, -0.2) is 4.39 Å². The van der Waals surface area contributed by atoms with E-state index in [1.54, 1.807) is 0 Å². The molecule has 0 saturated carbocycles. The molecule has 1 atom stereocenters. The lowest BCUT2D eigenvalue weighted by atomic mass is 10.0. The van der Waals surface area contributed by atoms with Gasteiger partial charge in [-0.15, -0.1) is 0 Å². The lowest BCUT2D eigenvalue weighted by molar-refractivity contribution is -0.120. The number of rotatable bonds is 5. The van der Waals surface area contributed by atoms with Gasteiger partial charge < -0.3 is 9.47 Å². The predicted octanol–water partition coefficient (Wildman–Crippen LogP) is 1.81. The van der Waals surface area contributed by atoms with Crippen LogP contribution in [-0.4, -0.2) is 32.0 Å². The molecule has 0 radical (unpaired) electrons. The third-order valence-corrected chi connectivity index (χ3v) is 2.26. The second-order valence-corrected chi connectivity index (χ2v) is 3.41. The van der Waals surface area contributed by atoms with Gasteiger partial charge in [-0.2, -0.15) is 0 Å². The quantitative estimate of drug-likeness (QED) is 0.582. The molecule has 0 N–H and O–H groups in total. The summed E-state index contributed by atoms with van der Waals surface area (Å²) in [7, 11) is 2.86. The Bertz CT molecular complexity index is 442. The molecule has 0 bridgehead atoms. The smallest absolute Gasteiger partial charge is 0.220 e. The number of alkyl halides is 1. The minimum absolute atomic E-state index is 0.0744. The Labute approximate surface area is 98.3 Å². The molecule has 1 unspecified atom stereocenters. The second kappa shape index (κ2) is 5.43. The molecule has 0 saturated heterocycles. The fourth-order valence-electron chi connectivity index (χ4n) is 1.32. The summed E-state index contributed by atoms with van der Waals surface area (Å²) in [5.74, 6) is -0.945. The minimum atomic E-state index is -2.13. The Hall–Kier alpha value is -1.91. The van der Waals surface area contributed by atoms with E-state index in [0.717, 1.165) is 6.92 Å². The summed E-state index contributed by atoms with van der Waals surface area (Å²) in [4.78, 5) is 22.3. The van der Waals surface area contributed by atoms with Crippen molar-refractivity contribution in [2.24, 2.45) is 0 Å². The molecule has 0 aliphatic rings. The van der Waals surface area contributed by atoms with E-state index in [0.29, 0.717) is 11.5 Å². The molecule has 1 aromatic carbocycles. The van der Waals surface area contributed by atoms with Gasteiger partial charge in [0.25, 0.3) is 0 Å². The van der Waals surface area contributed by atoms with Crippen LogP contribution in [0.4, 0.5) is 4.39 Å². The summed E-state index contributed by atoms with van der Waals surface area (Å²) in [5, 5.41) is 0. The summed E-state index contributed by atoms with van der Waals surface area (Å²) in [5.41, 5.74) is 0.0744. The number of ether oxygens (including phenoxy) is 2. The third kappa shape index (κ3) is 2.81. The maximum atomic E-state index is 13.3. The molecule has 4 nitrogen and oxygen atoms in total. The standard InChI is InChI=1S/C12H13FO4/c1-7(14)11(13)12(15)8-4-5-9(16-2)10(6-8)17-3/h4-6,11H,1-3H3. The first-order valence-electron chi connectivity index (χ1n) is 4.92. The Kier molecular flexibility index (Phi) is 4.20. The number of carbonyl (C=O) groups is 2. The van der Waals surface area contributed by atoms with E-state index in [1.807, 2.05) is 0 Å². The highest BCUT2D eigenvalue weighted by molar-refractivity contribution is 6.12. The van der Waals surface area contributed by atoms with Crippen molar-refractivity contribution in [2.75, 3.05) is 14.2 Å². The van der Waals surface area contributed by atoms with Crippen LogP contribution in [0.5, 0.6) is 11.5 Å². The van der Waals surface area contributed by atoms with Gasteiger partial charge in [0, 0.05) is 5.56 Å². The molecule has 0 aromatic heterocycles. The molecule has 1 aromatic rings. The van der Waals surface area contributed by atoms with Crippen LogP contribution in [0, 0.1) is 0 Å². The molecular weight excluding hydrogens is 227 g/mol. The fourth-order valence-corrected chi connectivity index (χ4v) is 1.32. The highest BCUT2D eigenvalue weighted by Crippen LogP contribution is 2.28. The number of ketones is 2. The molecular formula is C12H13FO4. The lowest BCUT2D eigenvalue weighted by Gasteiger charge is -2.09. The van der Waals surface area contributed by atoms with Gasteiger partial charge in [-0.1, -0.05) is 0 Å². The second-order valence-electron chi connectivity index (χ2n) is 3.41. The average Bonchev–Trinajstić information content (AvgIpc) is 2.35. The summed E-state index contributed by atoms with van der Waals surface area (Å²) in [6.07, 6.45) is -2.13. The van der Waals surface area contributed by atoms with Crippen molar-refractivity contribution >= 4 is 11.6 Å². The molecule has 0 aliphatic heterocycles. The molecule has 0 heterocycles. The van der Waals surface area contributed by atoms with E-state index in [2.05, 4.69) is 0 Å². The monoisotopic (exact) mass is 240 g/mol. The number of hydrogen-bond acceptors (Lipinski definition) is 4. The highest BCUT2D eigenvalue weighted by Gasteiger charge is 2.24. The summed E-state index contributed by atoms with van der Waals surface area (Å²) >= 11 is 0. The Morgan fingerprint density at radius 2 is 1.76 bits per heavy atom. The Balaban J connectivity index is 3.08. The molecule has 0 spiro atoms. The van der Waals surface area contributed by atoms with Crippen LogP contribution in [0.1, 0.15) is 17.3 Å². The van der Waals surface area contributed by atoms with Gasteiger partial charge in [0.05, 0.1) is 14.2 Å². The van der Waals surface area contributed by atoms with E-state index in [4.69, 9.17) is 9.47 Å². The van der Waals surface area contributed by atoms with E-state index in [-0.39, 0.29) is 5.56 Å². The van der Waals surface area contributed by atoms with Crippen LogP contribution >= 0.6 is 0 Å². The van der Waals surface area contributed by atoms with E-state index < -0.39 is 17.7 Å². The SMILES string of the molecule is COc1ccc(C(=O)C(F)C(C)=O)cc1OC. The first kappa shape index (κ1) is 13.2. The molecule has 1 rings (SSSR count). The van der Waals surface area contributed by atoms with Gasteiger partial charge in [0.1, 0.15) is 0 Å². The van der Waals surface area contributed by atoms with Crippen molar-refractivity contribution in [3.05, 3.63) is 23.8 Å². The van der Waals surface area contributed by atoms with Crippen LogP contribution in [0.25, 0.3) is 0 Å². The zero-order chi connectivity index (χ0) is 13.0. The van der Waals surface area contributed by atoms with E-state index >= 15 is 0 Å². The molecule has 5 heteroatoms. The van der Waals surface area contributed by atoms with Crippen molar-refractivity contribution in [1.82, 2.24) is 0 Å². The summed E-state index contributed by atoms with van der Waals surface area (Å²) in [6, 6.07) is 4.22. The van der Waals surface area contributed by atoms with Crippen LogP contribution in [0.3, 0.4) is 0 Å². The summed E-state index contributed by atoms with van der Waals surface area (Å²) < 4.78 is 23.2. The third-order valence-electron chi connectivity index (χ3n) is 2.26. The zero-order valence-electron chi connectivity index (χ0n) is 9.82. The first-order valence-corrected chi connectivity index (χ1v) is 4.92. The van der Waals surface area contributed by atoms with Crippen LogP contribution in [0.2, 0.25) is 0 Å². The van der Waals surface area contributed by atoms with Crippen LogP contribution < -0.4 is 9.47 Å². The largest absolute Gasteiger partial charge is 0.493 e. The Morgan fingerprint density at radius 3 is 2.24 bits per heavy atom. The number of carbonyl (C=O) groups excluding carboxylic acids is 2. The zero-order valence-corrected chi connectivity index (χ0v) is 9.82. The molecule has 17 heavy (non-hydrogen) atoms. The molecule has 0 amide bonds. The van der Waals surface area contributed by atoms with Crippen LogP contribution in [0.15, 0.2) is 18.2 Å². The minimum Gasteiger partial charge on any atom is -0.493 e. The van der Waals surface area contributed by atoms with Gasteiger partial charge in [0.15, 0.2) is 17.3 Å². The maximum Gasteiger partial charge on any atom is 0.220 e. The van der Waals surface area contributed by atoms with Crippen molar-refractivity contribution in [3.63, 3.8) is 0 Å². The van der Waals surface area contributed by atoms with Crippen molar-refractivity contribution in [3.8, 4) is 11.5 Å². The van der Waals surface area contributed by atoms with Gasteiger partial charge >= 0.3 is 0 Å². The topological polar surface area (TPSA) is 52.6 Å². The number of methoxy groups -OCH3 is 2. The normalized spacial score (nSPS) is 11.8. The molecule has 0 fully saturated rings. The van der Waals surface area contributed by atoms with Gasteiger partial charge in [-0.3, -0.25) is 9.59 Å². The lowest BCUT2D eigenvalue weighted by Crippen LogP contribution is -2.23. The number of Topliss-reactive ketones (excluding diaryl/α,β-unsaturated/α-hetero) is 2. The van der Waals surface area contributed by atoms with Gasteiger partial charge in [-0.05, 0) is 25.1 Å². The first-order chi connectivity index (χ1) is 8.01. The predicted molar refractivity (Wildman–Crippen MR) is 59.5 cm³/mol. The van der Waals surface area contributed by atoms with Crippen LogP contribution in [-0.2, 0) is 4.79 Å². The fraction of sp³-hybridized carbons (Fsp3) is 0.333. The van der Waals surface area contributed by atoms with Crippen molar-refractivity contribution in [1.29, 1.82) is 0 Å².